The molecule has 2 aromatic carbocycles. The molecule has 1 aliphatic rings. The summed E-state index contributed by atoms with van der Waals surface area (Å²) in [5, 5.41) is 9.84. The van der Waals surface area contributed by atoms with E-state index in [-0.39, 0.29) is 17.9 Å². The predicted octanol–water partition coefficient (Wildman–Crippen LogP) is 3.54. The molecule has 2 unspecified atom stereocenters. The van der Waals surface area contributed by atoms with Crippen molar-refractivity contribution in [3.63, 3.8) is 0 Å². The summed E-state index contributed by atoms with van der Waals surface area (Å²) in [5.41, 5.74) is 2.12. The van der Waals surface area contributed by atoms with Crippen molar-refractivity contribution < 1.29 is 14.7 Å². The first kappa shape index (κ1) is 16.2. The molecular formula is C20H21NO3. The zero-order valence-electron chi connectivity index (χ0n) is 13.8. The van der Waals surface area contributed by atoms with Gasteiger partial charge in [-0.05, 0) is 23.1 Å². The molecule has 1 amide bonds. The van der Waals surface area contributed by atoms with E-state index in [0.29, 0.717) is 17.7 Å². The van der Waals surface area contributed by atoms with Gasteiger partial charge in [0.25, 0.3) is 5.91 Å². The first-order valence-electron chi connectivity index (χ1n) is 8.17. The number of carboxylic acid groups (broad SMARTS) is 1. The van der Waals surface area contributed by atoms with Crippen LogP contribution >= 0.6 is 0 Å². The van der Waals surface area contributed by atoms with E-state index in [9.17, 15) is 14.7 Å². The largest absolute Gasteiger partial charge is 0.481 e. The van der Waals surface area contributed by atoms with Crippen molar-refractivity contribution in [1.82, 2.24) is 4.90 Å². The predicted molar refractivity (Wildman–Crippen MR) is 91.8 cm³/mol. The third-order valence-corrected chi connectivity index (χ3v) is 4.63. The first-order valence-corrected chi connectivity index (χ1v) is 8.17. The van der Waals surface area contributed by atoms with Gasteiger partial charge in [-0.2, -0.15) is 0 Å². The lowest BCUT2D eigenvalue weighted by Gasteiger charge is -2.42. The van der Waals surface area contributed by atoms with Crippen LogP contribution < -0.4 is 0 Å². The second-order valence-electron chi connectivity index (χ2n) is 6.56. The number of aliphatic carboxylic acids is 1. The number of rotatable bonds is 4. The molecule has 2 aromatic rings. The van der Waals surface area contributed by atoms with E-state index in [1.165, 1.54) is 0 Å². The molecule has 0 saturated heterocycles. The van der Waals surface area contributed by atoms with E-state index in [1.807, 2.05) is 44.2 Å². The van der Waals surface area contributed by atoms with Gasteiger partial charge in [0.15, 0.2) is 0 Å². The molecule has 4 heteroatoms. The fourth-order valence-corrected chi connectivity index (χ4v) is 3.60. The Kier molecular flexibility index (Phi) is 4.38. The minimum Gasteiger partial charge on any atom is -0.481 e. The minimum absolute atomic E-state index is 0.0344. The van der Waals surface area contributed by atoms with Crippen molar-refractivity contribution in [3.8, 4) is 0 Å². The first-order chi connectivity index (χ1) is 11.5. The van der Waals surface area contributed by atoms with Crippen molar-refractivity contribution >= 4 is 11.9 Å². The van der Waals surface area contributed by atoms with Crippen molar-refractivity contribution in [2.75, 3.05) is 0 Å². The van der Waals surface area contributed by atoms with Crippen molar-refractivity contribution in [3.05, 3.63) is 71.3 Å². The van der Waals surface area contributed by atoms with E-state index < -0.39 is 11.9 Å². The summed E-state index contributed by atoms with van der Waals surface area (Å²) < 4.78 is 0. The molecule has 4 nitrogen and oxygen atoms in total. The monoisotopic (exact) mass is 323 g/mol. The van der Waals surface area contributed by atoms with Crippen LogP contribution in [0.2, 0.25) is 0 Å². The molecule has 0 spiro atoms. The summed E-state index contributed by atoms with van der Waals surface area (Å²) in [6.07, 6.45) is 0. The van der Waals surface area contributed by atoms with Crippen LogP contribution in [0.15, 0.2) is 54.6 Å². The molecule has 0 radical (unpaired) electrons. The van der Waals surface area contributed by atoms with E-state index in [4.69, 9.17) is 0 Å². The fourth-order valence-electron chi connectivity index (χ4n) is 3.60. The quantitative estimate of drug-likeness (QED) is 0.936. The zero-order valence-corrected chi connectivity index (χ0v) is 13.8. The Labute approximate surface area is 141 Å². The second-order valence-corrected chi connectivity index (χ2v) is 6.56. The Hall–Kier alpha value is -2.62. The van der Waals surface area contributed by atoms with Gasteiger partial charge in [-0.1, -0.05) is 62.4 Å². The molecule has 0 fully saturated rings. The molecule has 0 saturated carbocycles. The summed E-state index contributed by atoms with van der Waals surface area (Å²) in [4.78, 5) is 26.8. The number of fused-ring (bicyclic) bond motifs is 1. The topological polar surface area (TPSA) is 57.6 Å². The lowest BCUT2D eigenvalue weighted by Crippen LogP contribution is -2.52. The van der Waals surface area contributed by atoms with Gasteiger partial charge in [0.1, 0.15) is 5.92 Å². The summed E-state index contributed by atoms with van der Waals surface area (Å²) in [5.74, 6) is -1.65. The maximum absolute atomic E-state index is 13.0. The molecule has 124 valence electrons. The molecule has 1 heterocycles. The number of hydrogen-bond donors (Lipinski definition) is 1. The molecule has 0 aromatic heterocycles. The Morgan fingerprint density at radius 3 is 2.33 bits per heavy atom. The molecule has 1 aliphatic heterocycles. The zero-order chi connectivity index (χ0) is 17.3. The van der Waals surface area contributed by atoms with Gasteiger partial charge < -0.3 is 10.0 Å². The Morgan fingerprint density at radius 2 is 1.71 bits per heavy atom. The van der Waals surface area contributed by atoms with Gasteiger partial charge in [-0.25, -0.2) is 0 Å². The Bertz CT molecular complexity index is 754. The summed E-state index contributed by atoms with van der Waals surface area (Å²) in [6, 6.07) is 16.4. The lowest BCUT2D eigenvalue weighted by atomic mass is 9.78. The number of nitrogens with zero attached hydrogens (tertiary/aromatic N) is 1. The number of carboxylic acids is 1. The van der Waals surface area contributed by atoms with Gasteiger partial charge in [0.2, 0.25) is 0 Å². The highest BCUT2D eigenvalue weighted by molar-refractivity contribution is 6.00. The minimum atomic E-state index is -0.883. The third kappa shape index (κ3) is 2.80. The van der Waals surface area contributed by atoms with Crippen molar-refractivity contribution in [2.45, 2.75) is 32.4 Å². The summed E-state index contributed by atoms with van der Waals surface area (Å²) in [6.45, 7) is 4.36. The van der Waals surface area contributed by atoms with Crippen LogP contribution in [0.1, 0.15) is 41.3 Å². The SMILES string of the molecule is CC(C)C1C(C(=O)O)c2ccccc2C(=O)N1Cc1ccccc1. The Balaban J connectivity index is 2.10. The van der Waals surface area contributed by atoms with E-state index in [0.717, 1.165) is 5.56 Å². The smallest absolute Gasteiger partial charge is 0.313 e. The van der Waals surface area contributed by atoms with E-state index >= 15 is 0 Å². The summed E-state index contributed by atoms with van der Waals surface area (Å²) in [7, 11) is 0. The maximum Gasteiger partial charge on any atom is 0.313 e. The molecule has 24 heavy (non-hydrogen) atoms. The highest BCUT2D eigenvalue weighted by atomic mass is 16.4. The maximum atomic E-state index is 13.0. The highest BCUT2D eigenvalue weighted by Crippen LogP contribution is 2.37. The van der Waals surface area contributed by atoms with Gasteiger partial charge >= 0.3 is 5.97 Å². The summed E-state index contributed by atoms with van der Waals surface area (Å²) >= 11 is 0. The second kappa shape index (κ2) is 6.48. The van der Waals surface area contributed by atoms with Crippen LogP contribution in [0.5, 0.6) is 0 Å². The lowest BCUT2D eigenvalue weighted by molar-refractivity contribution is -0.141. The van der Waals surface area contributed by atoms with Gasteiger partial charge in [0.05, 0.1) is 6.04 Å². The van der Waals surface area contributed by atoms with Crippen LogP contribution in [0.4, 0.5) is 0 Å². The molecule has 0 aliphatic carbocycles. The highest BCUT2D eigenvalue weighted by Gasteiger charge is 2.44. The van der Waals surface area contributed by atoms with E-state index in [1.54, 1.807) is 29.2 Å². The number of carbonyl (C=O) groups excluding carboxylic acids is 1. The molecule has 1 N–H and O–H groups in total. The van der Waals surface area contributed by atoms with Crippen molar-refractivity contribution in [1.29, 1.82) is 0 Å². The normalized spacial score (nSPS) is 20.1. The van der Waals surface area contributed by atoms with Gasteiger partial charge in [0, 0.05) is 12.1 Å². The van der Waals surface area contributed by atoms with Crippen LogP contribution in [0.25, 0.3) is 0 Å². The molecule has 2 atom stereocenters. The average molecular weight is 323 g/mol. The van der Waals surface area contributed by atoms with Crippen LogP contribution in [-0.2, 0) is 11.3 Å². The number of carbonyl (C=O) groups is 2. The molecular weight excluding hydrogens is 302 g/mol. The van der Waals surface area contributed by atoms with Crippen molar-refractivity contribution in [2.24, 2.45) is 5.92 Å². The number of benzene rings is 2. The van der Waals surface area contributed by atoms with E-state index in [2.05, 4.69) is 0 Å². The third-order valence-electron chi connectivity index (χ3n) is 4.63. The van der Waals surface area contributed by atoms with Gasteiger partial charge in [-0.15, -0.1) is 0 Å². The van der Waals surface area contributed by atoms with Crippen LogP contribution in [-0.4, -0.2) is 27.9 Å². The Morgan fingerprint density at radius 1 is 1.08 bits per heavy atom. The molecule has 0 bridgehead atoms. The molecule has 3 rings (SSSR count). The van der Waals surface area contributed by atoms with Gasteiger partial charge in [-0.3, -0.25) is 9.59 Å². The standard InChI is InChI=1S/C20H21NO3/c1-13(2)18-17(20(23)24)15-10-6-7-11-16(15)19(22)21(18)12-14-8-4-3-5-9-14/h3-11,13,17-18H,12H2,1-2H3,(H,23,24). The average Bonchev–Trinajstić information content (AvgIpc) is 2.57. The van der Waals surface area contributed by atoms with Crippen LogP contribution in [0.3, 0.4) is 0 Å². The number of hydrogen-bond acceptors (Lipinski definition) is 2. The number of amides is 1. The van der Waals surface area contributed by atoms with Crippen LogP contribution in [0, 0.1) is 5.92 Å². The fraction of sp³-hybridized carbons (Fsp3) is 0.300.